The summed E-state index contributed by atoms with van der Waals surface area (Å²) in [5.41, 5.74) is 5.17. The van der Waals surface area contributed by atoms with Crippen molar-refractivity contribution in [2.75, 3.05) is 33.9 Å². The molecule has 0 heterocycles. The van der Waals surface area contributed by atoms with Crippen molar-refractivity contribution in [3.63, 3.8) is 0 Å². The minimum Gasteiger partial charge on any atom is -0.369 e. The molecule has 0 fully saturated rings. The van der Waals surface area contributed by atoms with E-state index in [9.17, 15) is 4.79 Å². The largest absolute Gasteiger partial charge is 0.369 e. The van der Waals surface area contributed by atoms with Gasteiger partial charge < -0.3 is 15.2 Å². The molecule has 0 aromatic carbocycles. The molecule has 0 aliphatic heterocycles. The quantitative estimate of drug-likeness (QED) is 0.585. The Hall–Kier alpha value is -0.650. The molecule has 1 amide bonds. The molecule has 5 heteroatoms. The van der Waals surface area contributed by atoms with Crippen LogP contribution in [0.3, 0.4) is 0 Å². The minimum atomic E-state index is -0.332. The molecule has 0 aromatic rings. The minimum absolute atomic E-state index is 0.238. The van der Waals surface area contributed by atoms with E-state index in [-0.39, 0.29) is 18.7 Å². The van der Waals surface area contributed by atoms with Gasteiger partial charge in [0.25, 0.3) is 0 Å². The Balaban J connectivity index is 4.15. The lowest BCUT2D eigenvalue weighted by molar-refractivity contribution is -0.127. The number of primary amides is 1. The van der Waals surface area contributed by atoms with Gasteiger partial charge in [-0.2, -0.15) is 0 Å². The topological polar surface area (TPSA) is 64.8 Å². The molecule has 0 saturated heterocycles. The molecule has 0 saturated carbocycles. The monoisotopic (exact) mass is 218 g/mol. The van der Waals surface area contributed by atoms with Gasteiger partial charge in [0.05, 0.1) is 13.1 Å². The summed E-state index contributed by atoms with van der Waals surface area (Å²) in [6, 6.07) is 0. The highest BCUT2D eigenvalue weighted by Gasteiger charge is 2.15. The number of methoxy groups -OCH3 is 2. The highest BCUT2D eigenvalue weighted by atomic mass is 16.7. The summed E-state index contributed by atoms with van der Waals surface area (Å²) in [7, 11) is 3.15. The maximum Gasteiger partial charge on any atom is 0.231 e. The zero-order chi connectivity index (χ0) is 11.8. The van der Waals surface area contributed by atoms with Crippen molar-refractivity contribution < 1.29 is 14.3 Å². The van der Waals surface area contributed by atoms with Gasteiger partial charge in [-0.05, 0) is 5.92 Å². The second-order valence-electron chi connectivity index (χ2n) is 3.96. The van der Waals surface area contributed by atoms with E-state index in [1.807, 2.05) is 4.90 Å². The molecule has 0 radical (unpaired) electrons. The molecule has 15 heavy (non-hydrogen) atoms. The van der Waals surface area contributed by atoms with Crippen LogP contribution < -0.4 is 5.73 Å². The zero-order valence-electron chi connectivity index (χ0n) is 10.0. The van der Waals surface area contributed by atoms with Gasteiger partial charge in [0.2, 0.25) is 5.91 Å². The number of nitrogens with two attached hydrogens (primary N) is 1. The van der Waals surface area contributed by atoms with Crippen LogP contribution in [-0.2, 0) is 14.3 Å². The van der Waals surface area contributed by atoms with E-state index in [2.05, 4.69) is 13.8 Å². The van der Waals surface area contributed by atoms with Crippen LogP contribution in [-0.4, -0.2) is 51.0 Å². The van der Waals surface area contributed by atoms with E-state index >= 15 is 0 Å². The van der Waals surface area contributed by atoms with Crippen LogP contribution >= 0.6 is 0 Å². The number of carbonyl (C=O) groups excluding carboxylic acids is 1. The van der Waals surface area contributed by atoms with Gasteiger partial charge in [-0.3, -0.25) is 9.69 Å². The molecular weight excluding hydrogens is 196 g/mol. The Morgan fingerprint density at radius 3 is 2.13 bits per heavy atom. The Morgan fingerprint density at radius 1 is 1.27 bits per heavy atom. The third kappa shape index (κ3) is 7.30. The Kier molecular flexibility index (Phi) is 7.29. The highest BCUT2D eigenvalue weighted by Crippen LogP contribution is 2.02. The normalized spacial score (nSPS) is 11.7. The molecule has 0 aromatic heterocycles. The number of ether oxygens (including phenoxy) is 2. The summed E-state index contributed by atoms with van der Waals surface area (Å²) >= 11 is 0. The van der Waals surface area contributed by atoms with Gasteiger partial charge in [0.15, 0.2) is 6.29 Å². The zero-order valence-corrected chi connectivity index (χ0v) is 10.0. The van der Waals surface area contributed by atoms with Crippen LogP contribution in [0.5, 0.6) is 0 Å². The Labute approximate surface area is 91.5 Å². The van der Waals surface area contributed by atoms with E-state index in [4.69, 9.17) is 15.2 Å². The van der Waals surface area contributed by atoms with E-state index in [0.717, 1.165) is 6.54 Å². The van der Waals surface area contributed by atoms with Crippen molar-refractivity contribution in [1.29, 1.82) is 0 Å². The van der Waals surface area contributed by atoms with E-state index in [1.54, 1.807) is 14.2 Å². The van der Waals surface area contributed by atoms with Crippen molar-refractivity contribution >= 4 is 5.91 Å². The first-order valence-electron chi connectivity index (χ1n) is 5.05. The van der Waals surface area contributed by atoms with Crippen molar-refractivity contribution in [2.45, 2.75) is 20.1 Å². The summed E-state index contributed by atoms with van der Waals surface area (Å²) in [4.78, 5) is 12.8. The third-order valence-electron chi connectivity index (χ3n) is 1.94. The first-order chi connectivity index (χ1) is 6.99. The average Bonchev–Trinajstić information content (AvgIpc) is 2.11. The third-order valence-corrected chi connectivity index (χ3v) is 1.94. The van der Waals surface area contributed by atoms with Gasteiger partial charge in [-0.25, -0.2) is 0 Å². The van der Waals surface area contributed by atoms with Gasteiger partial charge in [-0.15, -0.1) is 0 Å². The standard InChI is InChI=1S/C10H22N2O3/c1-8(2)5-12(6-9(11)13)7-10(14-3)15-4/h8,10H,5-7H2,1-4H3,(H2,11,13). The van der Waals surface area contributed by atoms with Crippen LogP contribution in [0.1, 0.15) is 13.8 Å². The molecular formula is C10H22N2O3. The maximum absolute atomic E-state index is 10.8. The van der Waals surface area contributed by atoms with Crippen LogP contribution in [0.25, 0.3) is 0 Å². The SMILES string of the molecule is COC(CN(CC(N)=O)CC(C)C)OC. The lowest BCUT2D eigenvalue weighted by Gasteiger charge is -2.26. The average molecular weight is 218 g/mol. The first kappa shape index (κ1) is 14.3. The number of carbonyl (C=O) groups is 1. The maximum atomic E-state index is 10.8. The molecule has 0 spiro atoms. The first-order valence-corrected chi connectivity index (χ1v) is 5.05. The van der Waals surface area contributed by atoms with Gasteiger partial charge in [0.1, 0.15) is 0 Å². The smallest absolute Gasteiger partial charge is 0.231 e. The second-order valence-corrected chi connectivity index (χ2v) is 3.96. The molecule has 5 nitrogen and oxygen atoms in total. The Morgan fingerprint density at radius 2 is 1.80 bits per heavy atom. The van der Waals surface area contributed by atoms with Crippen molar-refractivity contribution in [3.8, 4) is 0 Å². The van der Waals surface area contributed by atoms with Crippen LogP contribution in [0.2, 0.25) is 0 Å². The summed E-state index contributed by atoms with van der Waals surface area (Å²) in [5.74, 6) is 0.139. The van der Waals surface area contributed by atoms with Gasteiger partial charge in [0, 0.05) is 20.8 Å². The molecule has 2 N–H and O–H groups in total. The Bertz CT molecular complexity index is 182. The molecule has 0 bridgehead atoms. The molecule has 0 aliphatic rings. The van der Waals surface area contributed by atoms with Crippen LogP contribution in [0.4, 0.5) is 0 Å². The lowest BCUT2D eigenvalue weighted by atomic mass is 10.2. The van der Waals surface area contributed by atoms with E-state index in [1.165, 1.54) is 0 Å². The summed E-state index contributed by atoms with van der Waals surface area (Å²) in [6.07, 6.45) is -0.317. The predicted molar refractivity (Wildman–Crippen MR) is 58.3 cm³/mol. The number of rotatable bonds is 8. The molecule has 0 rings (SSSR count). The van der Waals surface area contributed by atoms with Gasteiger partial charge in [-0.1, -0.05) is 13.8 Å². The van der Waals surface area contributed by atoms with E-state index in [0.29, 0.717) is 12.5 Å². The fraction of sp³-hybridized carbons (Fsp3) is 0.900. The fourth-order valence-electron chi connectivity index (χ4n) is 1.40. The van der Waals surface area contributed by atoms with Crippen molar-refractivity contribution in [1.82, 2.24) is 4.90 Å². The van der Waals surface area contributed by atoms with E-state index < -0.39 is 0 Å². The summed E-state index contributed by atoms with van der Waals surface area (Å²) in [6.45, 7) is 5.76. The van der Waals surface area contributed by atoms with Crippen LogP contribution in [0, 0.1) is 5.92 Å². The predicted octanol–water partition coefficient (Wildman–Crippen LogP) is 0.0486. The van der Waals surface area contributed by atoms with Crippen molar-refractivity contribution in [3.05, 3.63) is 0 Å². The number of hydrogen-bond acceptors (Lipinski definition) is 4. The molecule has 0 unspecified atom stereocenters. The van der Waals surface area contributed by atoms with Crippen LogP contribution in [0.15, 0.2) is 0 Å². The lowest BCUT2D eigenvalue weighted by Crippen LogP contribution is -2.41. The number of nitrogens with zero attached hydrogens (tertiary/aromatic N) is 1. The number of hydrogen-bond donors (Lipinski definition) is 1. The highest BCUT2D eigenvalue weighted by molar-refractivity contribution is 5.75. The fourth-order valence-corrected chi connectivity index (χ4v) is 1.40. The summed E-state index contributed by atoms with van der Waals surface area (Å²) in [5, 5.41) is 0. The number of amides is 1. The summed E-state index contributed by atoms with van der Waals surface area (Å²) < 4.78 is 10.2. The molecule has 90 valence electrons. The van der Waals surface area contributed by atoms with Crippen molar-refractivity contribution in [2.24, 2.45) is 11.7 Å². The molecule has 0 aliphatic carbocycles. The second kappa shape index (κ2) is 7.62. The van der Waals surface area contributed by atoms with Gasteiger partial charge >= 0.3 is 0 Å². The molecule has 0 atom stereocenters.